The smallest absolute Gasteiger partial charge is 0.250 e. The van der Waals surface area contributed by atoms with Crippen molar-refractivity contribution >= 4 is 5.69 Å². The number of hydrogen-bond donors (Lipinski definition) is 2. The normalized spacial score (nSPS) is 18.6. The van der Waals surface area contributed by atoms with Crippen molar-refractivity contribution in [1.82, 2.24) is 4.57 Å². The molecule has 0 unspecified atom stereocenters. The lowest BCUT2D eigenvalue weighted by Gasteiger charge is -2.16. The van der Waals surface area contributed by atoms with Gasteiger partial charge < -0.3 is 16.0 Å². The summed E-state index contributed by atoms with van der Waals surface area (Å²) in [4.78, 5) is 11.3. The highest BCUT2D eigenvalue weighted by molar-refractivity contribution is 5.48. The molecule has 0 amide bonds. The molecule has 1 aromatic rings. The molecule has 1 aromatic heterocycles. The van der Waals surface area contributed by atoms with Crippen LogP contribution in [0.1, 0.15) is 18.5 Å². The zero-order valence-corrected chi connectivity index (χ0v) is 7.58. The number of aromatic nitrogens is 1. The van der Waals surface area contributed by atoms with Gasteiger partial charge in [0.2, 0.25) is 0 Å². The summed E-state index contributed by atoms with van der Waals surface area (Å²) in [5.41, 5.74) is 12.8. The van der Waals surface area contributed by atoms with E-state index in [0.717, 1.165) is 18.5 Å². The summed E-state index contributed by atoms with van der Waals surface area (Å²) in [6, 6.07) is 3.09. The van der Waals surface area contributed by atoms with E-state index in [9.17, 15) is 4.79 Å². The van der Waals surface area contributed by atoms with Crippen LogP contribution in [0.4, 0.5) is 5.69 Å². The SMILES string of the molecule is Cn1c(C2(N)CC2)c(N)ccc1=O. The van der Waals surface area contributed by atoms with E-state index in [-0.39, 0.29) is 11.1 Å². The molecule has 0 spiro atoms. The highest BCUT2D eigenvalue weighted by Gasteiger charge is 2.43. The summed E-state index contributed by atoms with van der Waals surface area (Å²) in [5.74, 6) is 0. The monoisotopic (exact) mass is 179 g/mol. The fourth-order valence-corrected chi connectivity index (χ4v) is 1.65. The van der Waals surface area contributed by atoms with Crippen LogP contribution in [-0.2, 0) is 12.6 Å². The number of nitrogen functional groups attached to an aromatic ring is 1. The Bertz CT molecular complexity index is 404. The van der Waals surface area contributed by atoms with Crippen LogP contribution in [0.15, 0.2) is 16.9 Å². The van der Waals surface area contributed by atoms with Crippen molar-refractivity contribution in [2.45, 2.75) is 18.4 Å². The third-order valence-corrected chi connectivity index (χ3v) is 2.61. The van der Waals surface area contributed by atoms with Crippen LogP contribution in [0.2, 0.25) is 0 Å². The van der Waals surface area contributed by atoms with Crippen LogP contribution in [-0.4, -0.2) is 4.57 Å². The van der Waals surface area contributed by atoms with Crippen LogP contribution in [0.3, 0.4) is 0 Å². The maximum Gasteiger partial charge on any atom is 0.250 e. The van der Waals surface area contributed by atoms with Gasteiger partial charge in [-0.05, 0) is 18.9 Å². The lowest BCUT2D eigenvalue weighted by atomic mass is 10.1. The Morgan fingerprint density at radius 3 is 2.62 bits per heavy atom. The van der Waals surface area contributed by atoms with Gasteiger partial charge in [0.15, 0.2) is 0 Å². The van der Waals surface area contributed by atoms with Crippen molar-refractivity contribution < 1.29 is 0 Å². The Hall–Kier alpha value is -1.29. The molecule has 1 heterocycles. The molecule has 4 heteroatoms. The van der Waals surface area contributed by atoms with Crippen LogP contribution in [0, 0.1) is 0 Å². The van der Waals surface area contributed by atoms with Gasteiger partial charge in [0, 0.05) is 13.1 Å². The van der Waals surface area contributed by atoms with E-state index >= 15 is 0 Å². The lowest BCUT2D eigenvalue weighted by molar-refractivity contribution is 0.640. The van der Waals surface area contributed by atoms with Crippen LogP contribution >= 0.6 is 0 Å². The third-order valence-electron chi connectivity index (χ3n) is 2.61. The molecule has 1 aliphatic carbocycles. The molecule has 4 nitrogen and oxygen atoms in total. The van der Waals surface area contributed by atoms with Crippen molar-refractivity contribution in [1.29, 1.82) is 0 Å². The fraction of sp³-hybridized carbons (Fsp3) is 0.444. The van der Waals surface area contributed by atoms with Gasteiger partial charge in [-0.3, -0.25) is 4.79 Å². The second kappa shape index (κ2) is 2.35. The molecule has 0 bridgehead atoms. The summed E-state index contributed by atoms with van der Waals surface area (Å²) in [5, 5.41) is 0. The summed E-state index contributed by atoms with van der Waals surface area (Å²) in [7, 11) is 1.71. The number of hydrogen-bond acceptors (Lipinski definition) is 3. The van der Waals surface area contributed by atoms with Crippen molar-refractivity contribution in [3.05, 3.63) is 28.2 Å². The average Bonchev–Trinajstić information content (AvgIpc) is 2.78. The Morgan fingerprint density at radius 2 is 2.08 bits per heavy atom. The average molecular weight is 179 g/mol. The standard InChI is InChI=1S/C9H13N3O/c1-12-7(13)3-2-6(10)8(12)9(11)4-5-9/h2-3H,4-5,10-11H2,1H3. The summed E-state index contributed by atoms with van der Waals surface area (Å²) < 4.78 is 1.54. The van der Waals surface area contributed by atoms with E-state index in [2.05, 4.69) is 0 Å². The Labute approximate surface area is 76.2 Å². The van der Waals surface area contributed by atoms with Crippen LogP contribution in [0.25, 0.3) is 0 Å². The molecule has 4 N–H and O–H groups in total. The molecule has 0 aliphatic heterocycles. The molecule has 13 heavy (non-hydrogen) atoms. The Morgan fingerprint density at radius 1 is 1.46 bits per heavy atom. The first-order valence-corrected chi connectivity index (χ1v) is 4.29. The summed E-state index contributed by atoms with van der Waals surface area (Å²) in [6.07, 6.45) is 1.82. The molecule has 70 valence electrons. The molecular formula is C9H13N3O. The maximum atomic E-state index is 11.3. The minimum absolute atomic E-state index is 0.0547. The molecule has 1 fully saturated rings. The quantitative estimate of drug-likeness (QED) is 0.633. The second-order valence-electron chi connectivity index (χ2n) is 3.69. The first-order chi connectivity index (χ1) is 6.04. The number of rotatable bonds is 1. The maximum absolute atomic E-state index is 11.3. The van der Waals surface area contributed by atoms with Crippen molar-refractivity contribution in [3.63, 3.8) is 0 Å². The molecule has 0 atom stereocenters. The van der Waals surface area contributed by atoms with Crippen molar-refractivity contribution in [2.75, 3.05) is 5.73 Å². The van der Waals surface area contributed by atoms with Gasteiger partial charge in [0.25, 0.3) is 5.56 Å². The molecule has 1 aliphatic rings. The predicted octanol–water partition coefficient (Wildman–Crippen LogP) is -0.0847. The number of nitrogens with zero attached hydrogens (tertiary/aromatic N) is 1. The first kappa shape index (κ1) is 8.31. The topological polar surface area (TPSA) is 74.0 Å². The van der Waals surface area contributed by atoms with Gasteiger partial charge >= 0.3 is 0 Å². The Kier molecular flexibility index (Phi) is 1.51. The largest absolute Gasteiger partial charge is 0.397 e. The Balaban J connectivity index is 2.68. The molecular weight excluding hydrogens is 166 g/mol. The van der Waals surface area contributed by atoms with Gasteiger partial charge in [0.1, 0.15) is 0 Å². The number of anilines is 1. The van der Waals surface area contributed by atoms with Crippen molar-refractivity contribution in [2.24, 2.45) is 12.8 Å². The van der Waals surface area contributed by atoms with Gasteiger partial charge in [-0.1, -0.05) is 0 Å². The highest BCUT2D eigenvalue weighted by atomic mass is 16.1. The minimum Gasteiger partial charge on any atom is -0.397 e. The van der Waals surface area contributed by atoms with E-state index < -0.39 is 0 Å². The number of nitrogens with two attached hydrogens (primary N) is 2. The zero-order chi connectivity index (χ0) is 9.64. The van der Waals surface area contributed by atoms with Gasteiger partial charge in [0.05, 0.1) is 16.9 Å². The third kappa shape index (κ3) is 1.14. The van der Waals surface area contributed by atoms with E-state index in [1.807, 2.05) is 0 Å². The van der Waals surface area contributed by atoms with Crippen molar-refractivity contribution in [3.8, 4) is 0 Å². The molecule has 2 rings (SSSR count). The van der Waals surface area contributed by atoms with Gasteiger partial charge in [-0.15, -0.1) is 0 Å². The highest BCUT2D eigenvalue weighted by Crippen LogP contribution is 2.43. The molecule has 0 saturated heterocycles. The van der Waals surface area contributed by atoms with E-state index in [1.54, 1.807) is 17.7 Å². The molecule has 0 aromatic carbocycles. The minimum atomic E-state index is -0.348. The summed E-state index contributed by atoms with van der Waals surface area (Å²) in [6.45, 7) is 0. The fourth-order valence-electron chi connectivity index (χ4n) is 1.65. The predicted molar refractivity (Wildman–Crippen MR) is 51.2 cm³/mol. The second-order valence-corrected chi connectivity index (χ2v) is 3.69. The van der Waals surface area contributed by atoms with Gasteiger partial charge in [-0.2, -0.15) is 0 Å². The van der Waals surface area contributed by atoms with Crippen LogP contribution < -0.4 is 17.0 Å². The zero-order valence-electron chi connectivity index (χ0n) is 7.58. The van der Waals surface area contributed by atoms with Gasteiger partial charge in [-0.25, -0.2) is 0 Å². The molecule has 1 saturated carbocycles. The first-order valence-electron chi connectivity index (χ1n) is 4.29. The van der Waals surface area contributed by atoms with E-state index in [0.29, 0.717) is 5.69 Å². The van der Waals surface area contributed by atoms with E-state index in [4.69, 9.17) is 11.5 Å². The van der Waals surface area contributed by atoms with E-state index in [1.165, 1.54) is 6.07 Å². The lowest BCUT2D eigenvalue weighted by Crippen LogP contribution is -2.31. The number of pyridine rings is 1. The van der Waals surface area contributed by atoms with Crippen LogP contribution in [0.5, 0.6) is 0 Å². The molecule has 0 radical (unpaired) electrons. The summed E-state index contributed by atoms with van der Waals surface area (Å²) >= 11 is 0.